The molecule has 0 aromatic heterocycles. The first-order valence-electron chi connectivity index (χ1n) is 4.59. The molecule has 1 saturated carbocycles. The van der Waals surface area contributed by atoms with Gasteiger partial charge >= 0.3 is 6.18 Å². The molecule has 0 atom stereocenters. The number of nitrogens with one attached hydrogen (secondary N) is 1. The van der Waals surface area contributed by atoms with Gasteiger partial charge in [-0.1, -0.05) is 0 Å². The van der Waals surface area contributed by atoms with Crippen LogP contribution in [0.3, 0.4) is 0 Å². The fourth-order valence-electron chi connectivity index (χ4n) is 1.68. The van der Waals surface area contributed by atoms with Crippen LogP contribution in [0, 0.1) is 0 Å². The lowest BCUT2D eigenvalue weighted by Gasteiger charge is -2.38. The minimum Gasteiger partial charge on any atom is -0.314 e. The Morgan fingerprint density at radius 1 is 1.15 bits per heavy atom. The Morgan fingerprint density at radius 2 is 1.77 bits per heavy atom. The number of alkyl halides is 3. The summed E-state index contributed by atoms with van der Waals surface area (Å²) in [5.41, 5.74) is 0. The van der Waals surface area contributed by atoms with E-state index in [4.69, 9.17) is 0 Å². The maximum Gasteiger partial charge on any atom is 0.401 e. The Bertz CT molecular complexity index is 184. The van der Waals surface area contributed by atoms with Crippen LogP contribution in [0.4, 0.5) is 13.2 Å². The van der Waals surface area contributed by atoms with Crippen LogP contribution in [0.2, 0.25) is 0 Å². The first kappa shape index (κ1) is 9.27. The predicted molar refractivity (Wildman–Crippen MR) is 42.4 cm³/mol. The molecule has 0 amide bonds. The van der Waals surface area contributed by atoms with E-state index < -0.39 is 12.7 Å². The van der Waals surface area contributed by atoms with E-state index in [2.05, 4.69) is 5.32 Å². The number of hydrogen-bond donors (Lipinski definition) is 1. The molecule has 76 valence electrons. The van der Waals surface area contributed by atoms with Crippen LogP contribution in [0.15, 0.2) is 0 Å². The Hall–Kier alpha value is -0.290. The Morgan fingerprint density at radius 3 is 2.08 bits per heavy atom. The van der Waals surface area contributed by atoms with E-state index >= 15 is 0 Å². The normalized spacial score (nSPS) is 24.9. The highest BCUT2D eigenvalue weighted by Crippen LogP contribution is 2.32. The molecule has 0 aromatic rings. The van der Waals surface area contributed by atoms with Crippen LogP contribution in [-0.2, 0) is 0 Å². The second kappa shape index (κ2) is 3.13. The van der Waals surface area contributed by atoms with Crippen LogP contribution in [0.5, 0.6) is 0 Å². The zero-order chi connectivity index (χ0) is 9.47. The zero-order valence-electron chi connectivity index (χ0n) is 7.27. The van der Waals surface area contributed by atoms with Gasteiger partial charge in [0.15, 0.2) is 0 Å². The molecule has 0 unspecified atom stereocenters. The van der Waals surface area contributed by atoms with E-state index in [1.54, 1.807) is 4.90 Å². The fraction of sp³-hybridized carbons (Fsp3) is 1.00. The van der Waals surface area contributed by atoms with Crippen molar-refractivity contribution in [2.24, 2.45) is 0 Å². The van der Waals surface area contributed by atoms with Crippen molar-refractivity contribution in [1.29, 1.82) is 0 Å². The van der Waals surface area contributed by atoms with Gasteiger partial charge in [0, 0.05) is 25.2 Å². The van der Waals surface area contributed by atoms with Crippen LogP contribution in [-0.4, -0.2) is 42.8 Å². The average molecular weight is 194 g/mol. The van der Waals surface area contributed by atoms with Gasteiger partial charge in [0.05, 0.1) is 6.54 Å². The molecule has 1 aliphatic heterocycles. The second-order valence-corrected chi connectivity index (χ2v) is 3.83. The maximum atomic E-state index is 12.2. The molecule has 1 aliphatic carbocycles. The lowest BCUT2D eigenvalue weighted by molar-refractivity contribution is -0.154. The monoisotopic (exact) mass is 194 g/mol. The quantitative estimate of drug-likeness (QED) is 0.720. The first-order valence-corrected chi connectivity index (χ1v) is 4.59. The molecule has 0 spiro atoms. The molecule has 1 heterocycles. The highest BCUT2D eigenvalue weighted by atomic mass is 19.4. The minimum atomic E-state index is -4.04. The van der Waals surface area contributed by atoms with E-state index in [1.165, 1.54) is 0 Å². The summed E-state index contributed by atoms with van der Waals surface area (Å²) in [5, 5.41) is 3.00. The number of hydrogen-bond acceptors (Lipinski definition) is 2. The van der Waals surface area contributed by atoms with Crippen LogP contribution in [0.25, 0.3) is 0 Å². The Balaban J connectivity index is 1.89. The lowest BCUT2D eigenvalue weighted by atomic mass is 10.1. The third-order valence-electron chi connectivity index (χ3n) is 2.61. The van der Waals surface area contributed by atoms with Crippen LogP contribution < -0.4 is 5.32 Å². The number of nitrogens with zero attached hydrogens (tertiary/aromatic N) is 1. The summed E-state index contributed by atoms with van der Waals surface area (Å²) >= 11 is 0. The van der Waals surface area contributed by atoms with Gasteiger partial charge in [-0.3, -0.25) is 4.90 Å². The molecule has 2 nitrogen and oxygen atoms in total. The van der Waals surface area contributed by atoms with Crippen molar-refractivity contribution in [3.63, 3.8) is 0 Å². The standard InChI is InChI=1S/C8H13F3N2/c9-8(10,11)5-13(6-1-2-6)7-3-12-4-7/h6-7,12H,1-5H2. The van der Waals surface area contributed by atoms with Crippen molar-refractivity contribution >= 4 is 0 Å². The molecule has 0 aromatic carbocycles. The molecule has 2 fully saturated rings. The Kier molecular flexibility index (Phi) is 2.23. The van der Waals surface area contributed by atoms with Gasteiger partial charge in [-0.05, 0) is 12.8 Å². The van der Waals surface area contributed by atoms with E-state index in [1.807, 2.05) is 0 Å². The summed E-state index contributed by atoms with van der Waals surface area (Å²) < 4.78 is 36.5. The third-order valence-corrected chi connectivity index (χ3v) is 2.61. The van der Waals surface area contributed by atoms with Gasteiger partial charge in [0.25, 0.3) is 0 Å². The lowest BCUT2D eigenvalue weighted by Crippen LogP contribution is -2.59. The minimum absolute atomic E-state index is 0.120. The maximum absolute atomic E-state index is 12.2. The van der Waals surface area contributed by atoms with Crippen LogP contribution >= 0.6 is 0 Å². The van der Waals surface area contributed by atoms with E-state index in [-0.39, 0.29) is 12.1 Å². The van der Waals surface area contributed by atoms with Crippen molar-refractivity contribution in [1.82, 2.24) is 10.2 Å². The SMILES string of the molecule is FC(F)(F)CN(C1CC1)C1CNC1. The van der Waals surface area contributed by atoms with Gasteiger partial charge in [-0.25, -0.2) is 0 Å². The van der Waals surface area contributed by atoms with Gasteiger partial charge in [0.2, 0.25) is 0 Å². The second-order valence-electron chi connectivity index (χ2n) is 3.83. The molecule has 2 aliphatic rings. The molecule has 1 saturated heterocycles. The molecule has 0 radical (unpaired) electrons. The Labute approximate surface area is 75.1 Å². The third kappa shape index (κ3) is 2.34. The molecule has 0 bridgehead atoms. The predicted octanol–water partition coefficient (Wildman–Crippen LogP) is 0.985. The smallest absolute Gasteiger partial charge is 0.314 e. The van der Waals surface area contributed by atoms with Gasteiger partial charge in [-0.15, -0.1) is 0 Å². The summed E-state index contributed by atoms with van der Waals surface area (Å²) in [7, 11) is 0. The number of halogens is 3. The molecular formula is C8H13F3N2. The molecule has 2 rings (SSSR count). The molecule has 5 heteroatoms. The summed E-state index contributed by atoms with van der Waals surface area (Å²) in [5.74, 6) is 0. The van der Waals surface area contributed by atoms with Gasteiger partial charge in [0.1, 0.15) is 0 Å². The van der Waals surface area contributed by atoms with E-state index in [0.29, 0.717) is 13.1 Å². The first-order chi connectivity index (χ1) is 6.06. The van der Waals surface area contributed by atoms with Crippen molar-refractivity contribution in [3.8, 4) is 0 Å². The molecular weight excluding hydrogens is 181 g/mol. The average Bonchev–Trinajstić information content (AvgIpc) is 2.57. The van der Waals surface area contributed by atoms with Crippen molar-refractivity contribution in [2.45, 2.75) is 31.1 Å². The summed E-state index contributed by atoms with van der Waals surface area (Å²) in [6.07, 6.45) is -2.17. The van der Waals surface area contributed by atoms with Crippen molar-refractivity contribution in [3.05, 3.63) is 0 Å². The summed E-state index contributed by atoms with van der Waals surface area (Å²) in [6, 6.07) is 0.322. The number of rotatable bonds is 3. The fourth-order valence-corrected chi connectivity index (χ4v) is 1.68. The molecule has 1 N–H and O–H groups in total. The zero-order valence-corrected chi connectivity index (χ0v) is 7.27. The summed E-state index contributed by atoms with van der Waals surface area (Å²) in [4.78, 5) is 1.61. The van der Waals surface area contributed by atoms with E-state index in [9.17, 15) is 13.2 Å². The van der Waals surface area contributed by atoms with Gasteiger partial charge < -0.3 is 5.32 Å². The topological polar surface area (TPSA) is 15.3 Å². The molecule has 13 heavy (non-hydrogen) atoms. The van der Waals surface area contributed by atoms with Crippen LogP contribution in [0.1, 0.15) is 12.8 Å². The highest BCUT2D eigenvalue weighted by molar-refractivity contribution is 4.94. The van der Waals surface area contributed by atoms with Gasteiger partial charge in [-0.2, -0.15) is 13.2 Å². The van der Waals surface area contributed by atoms with Crippen molar-refractivity contribution < 1.29 is 13.2 Å². The van der Waals surface area contributed by atoms with E-state index in [0.717, 1.165) is 12.8 Å². The largest absolute Gasteiger partial charge is 0.401 e. The van der Waals surface area contributed by atoms with Crippen molar-refractivity contribution in [2.75, 3.05) is 19.6 Å². The summed E-state index contributed by atoms with van der Waals surface area (Å²) in [6.45, 7) is 0.698. The highest BCUT2D eigenvalue weighted by Gasteiger charge is 2.42.